The molecule has 0 spiro atoms. The Labute approximate surface area is 71.9 Å². The molecular formula is C7H13BO4. The Kier molecular flexibility index (Phi) is 2.36. The molecule has 0 saturated carbocycles. The second-order valence-electron chi connectivity index (χ2n) is 3.21. The summed E-state index contributed by atoms with van der Waals surface area (Å²) in [5.74, 6) is 0. The van der Waals surface area contributed by atoms with Crippen molar-refractivity contribution in [3.63, 3.8) is 0 Å². The van der Waals surface area contributed by atoms with Crippen LogP contribution in [0.1, 0.15) is 13.3 Å². The normalized spacial score (nSPS) is 41.5. The number of fused-ring (bicyclic) bond motifs is 1. The van der Waals surface area contributed by atoms with Crippen LogP contribution in [0.2, 0.25) is 6.32 Å². The first-order valence-corrected chi connectivity index (χ1v) is 4.40. The van der Waals surface area contributed by atoms with E-state index in [1.165, 1.54) is 0 Å². The van der Waals surface area contributed by atoms with Gasteiger partial charge in [0, 0.05) is 6.42 Å². The van der Waals surface area contributed by atoms with E-state index in [9.17, 15) is 0 Å². The average molecular weight is 172 g/mol. The summed E-state index contributed by atoms with van der Waals surface area (Å²) < 4.78 is 16.1. The van der Waals surface area contributed by atoms with Gasteiger partial charge >= 0.3 is 7.12 Å². The molecule has 0 amide bonds. The summed E-state index contributed by atoms with van der Waals surface area (Å²) in [6.45, 7) is 2.46. The van der Waals surface area contributed by atoms with Gasteiger partial charge in [-0.3, -0.25) is 0 Å². The lowest BCUT2D eigenvalue weighted by molar-refractivity contribution is -0.166. The van der Waals surface area contributed by atoms with Gasteiger partial charge in [0.25, 0.3) is 0 Å². The Morgan fingerprint density at radius 2 is 2.17 bits per heavy atom. The molecule has 3 atom stereocenters. The molecule has 0 aromatic carbocycles. The van der Waals surface area contributed by atoms with Gasteiger partial charge in [-0.2, -0.15) is 0 Å². The lowest BCUT2D eigenvalue weighted by atomic mass is 9.87. The van der Waals surface area contributed by atoms with E-state index in [2.05, 4.69) is 0 Å². The Balaban J connectivity index is 1.93. The van der Waals surface area contributed by atoms with Gasteiger partial charge in [-0.25, -0.2) is 0 Å². The fourth-order valence-electron chi connectivity index (χ4n) is 1.62. The fraction of sp³-hybridized carbons (Fsp3) is 1.00. The van der Waals surface area contributed by atoms with Crippen molar-refractivity contribution in [2.75, 3.05) is 6.61 Å². The number of aliphatic hydroxyl groups is 1. The minimum atomic E-state index is -0.676. The smallest absolute Gasteiger partial charge is 0.405 e. The molecule has 5 heteroatoms. The Morgan fingerprint density at radius 1 is 1.42 bits per heavy atom. The van der Waals surface area contributed by atoms with Crippen molar-refractivity contribution in [2.24, 2.45) is 0 Å². The molecule has 0 radical (unpaired) electrons. The molecule has 1 N–H and O–H groups in total. The van der Waals surface area contributed by atoms with Gasteiger partial charge in [0.1, 0.15) is 0 Å². The molecule has 2 saturated heterocycles. The lowest BCUT2D eigenvalue weighted by Gasteiger charge is -2.27. The highest BCUT2D eigenvalue weighted by atomic mass is 16.7. The third-order valence-corrected chi connectivity index (χ3v) is 2.29. The summed E-state index contributed by atoms with van der Waals surface area (Å²) >= 11 is 0. The van der Waals surface area contributed by atoms with E-state index < -0.39 is 6.29 Å². The maximum atomic E-state index is 9.16. The SMILES string of the molecule is CCB1OC2COC(O)CC2O1. The van der Waals surface area contributed by atoms with Crippen LogP contribution >= 0.6 is 0 Å². The summed E-state index contributed by atoms with van der Waals surface area (Å²) in [5, 5.41) is 9.16. The van der Waals surface area contributed by atoms with Crippen molar-refractivity contribution in [1.82, 2.24) is 0 Å². The van der Waals surface area contributed by atoms with Crippen molar-refractivity contribution in [3.8, 4) is 0 Å². The predicted molar refractivity (Wildman–Crippen MR) is 42.6 cm³/mol. The van der Waals surface area contributed by atoms with E-state index in [1.807, 2.05) is 6.92 Å². The van der Waals surface area contributed by atoms with E-state index >= 15 is 0 Å². The van der Waals surface area contributed by atoms with Crippen LogP contribution in [0.4, 0.5) is 0 Å². The first kappa shape index (κ1) is 8.50. The Morgan fingerprint density at radius 3 is 2.92 bits per heavy atom. The van der Waals surface area contributed by atoms with Gasteiger partial charge in [0.05, 0.1) is 18.8 Å². The van der Waals surface area contributed by atoms with Gasteiger partial charge < -0.3 is 19.2 Å². The molecule has 68 valence electrons. The van der Waals surface area contributed by atoms with Crippen molar-refractivity contribution in [1.29, 1.82) is 0 Å². The van der Waals surface area contributed by atoms with Crippen LogP contribution < -0.4 is 0 Å². The van der Waals surface area contributed by atoms with Crippen LogP contribution in [0.3, 0.4) is 0 Å². The second kappa shape index (κ2) is 3.34. The average Bonchev–Trinajstić information content (AvgIpc) is 2.46. The van der Waals surface area contributed by atoms with Crippen LogP contribution in [0.15, 0.2) is 0 Å². The molecule has 12 heavy (non-hydrogen) atoms. The Hall–Kier alpha value is -0.0951. The zero-order valence-corrected chi connectivity index (χ0v) is 7.10. The largest absolute Gasteiger partial charge is 0.457 e. The number of ether oxygens (including phenoxy) is 1. The van der Waals surface area contributed by atoms with Crippen LogP contribution in [0.5, 0.6) is 0 Å². The van der Waals surface area contributed by atoms with E-state index in [0.717, 1.165) is 6.32 Å². The van der Waals surface area contributed by atoms with E-state index in [4.69, 9.17) is 19.2 Å². The van der Waals surface area contributed by atoms with Gasteiger partial charge in [-0.1, -0.05) is 6.92 Å². The maximum absolute atomic E-state index is 9.16. The topological polar surface area (TPSA) is 47.9 Å². The van der Waals surface area contributed by atoms with E-state index in [1.54, 1.807) is 0 Å². The van der Waals surface area contributed by atoms with Crippen LogP contribution in [-0.4, -0.2) is 37.3 Å². The highest BCUT2D eigenvalue weighted by molar-refractivity contribution is 6.45. The molecule has 0 aromatic heterocycles. The zero-order valence-electron chi connectivity index (χ0n) is 7.10. The first-order chi connectivity index (χ1) is 5.79. The number of hydrogen-bond acceptors (Lipinski definition) is 4. The molecule has 0 bridgehead atoms. The third-order valence-electron chi connectivity index (χ3n) is 2.29. The minimum absolute atomic E-state index is 0.0262. The molecule has 2 rings (SSSR count). The molecule has 4 nitrogen and oxygen atoms in total. The summed E-state index contributed by atoms with van der Waals surface area (Å²) in [6.07, 6.45) is 0.757. The number of aliphatic hydroxyl groups excluding tert-OH is 1. The molecule has 2 fully saturated rings. The summed E-state index contributed by atoms with van der Waals surface area (Å²) in [4.78, 5) is 0. The molecule has 2 heterocycles. The quantitative estimate of drug-likeness (QED) is 0.566. The number of hydrogen-bond donors (Lipinski definition) is 1. The summed E-state index contributed by atoms with van der Waals surface area (Å²) in [5.41, 5.74) is 0. The van der Waals surface area contributed by atoms with Gasteiger partial charge in [0.2, 0.25) is 0 Å². The van der Waals surface area contributed by atoms with Crippen LogP contribution in [0.25, 0.3) is 0 Å². The van der Waals surface area contributed by atoms with Crippen molar-refractivity contribution in [3.05, 3.63) is 0 Å². The molecule has 0 aliphatic carbocycles. The summed E-state index contributed by atoms with van der Waals surface area (Å²) in [6, 6.07) is 0. The van der Waals surface area contributed by atoms with Crippen LogP contribution in [0, 0.1) is 0 Å². The van der Waals surface area contributed by atoms with E-state index in [0.29, 0.717) is 13.0 Å². The molecule has 0 aromatic rings. The highest BCUT2D eigenvalue weighted by Gasteiger charge is 2.42. The standard InChI is InChI=1S/C7H13BO4/c1-2-8-11-5-3-7(9)10-4-6(5)12-8/h5-7,9H,2-4H2,1H3. The van der Waals surface area contributed by atoms with E-state index in [-0.39, 0.29) is 19.3 Å². The first-order valence-electron chi connectivity index (χ1n) is 4.40. The zero-order chi connectivity index (χ0) is 8.55. The fourth-order valence-corrected chi connectivity index (χ4v) is 1.62. The molecule has 2 aliphatic heterocycles. The monoisotopic (exact) mass is 172 g/mol. The summed E-state index contributed by atoms with van der Waals surface area (Å²) in [7, 11) is -0.103. The number of rotatable bonds is 1. The van der Waals surface area contributed by atoms with Crippen molar-refractivity contribution in [2.45, 2.75) is 38.2 Å². The molecular weight excluding hydrogens is 159 g/mol. The van der Waals surface area contributed by atoms with Gasteiger partial charge in [-0.05, 0) is 6.32 Å². The van der Waals surface area contributed by atoms with Gasteiger partial charge in [-0.15, -0.1) is 0 Å². The third kappa shape index (κ3) is 1.50. The maximum Gasteiger partial charge on any atom is 0.457 e. The Bertz CT molecular complexity index is 165. The predicted octanol–water partition coefficient (Wildman–Crippen LogP) is 0.0172. The highest BCUT2D eigenvalue weighted by Crippen LogP contribution is 2.26. The van der Waals surface area contributed by atoms with Gasteiger partial charge in [0.15, 0.2) is 6.29 Å². The molecule has 2 aliphatic rings. The van der Waals surface area contributed by atoms with Crippen molar-refractivity contribution < 1.29 is 19.2 Å². The van der Waals surface area contributed by atoms with Crippen molar-refractivity contribution >= 4 is 7.12 Å². The molecule has 3 unspecified atom stereocenters. The second-order valence-corrected chi connectivity index (χ2v) is 3.21. The van der Waals surface area contributed by atoms with Crippen LogP contribution in [-0.2, 0) is 14.0 Å². The minimum Gasteiger partial charge on any atom is -0.405 e. The lowest BCUT2D eigenvalue weighted by Crippen LogP contribution is -2.39.